The number of benzene rings is 1. The molecule has 1 N–H and O–H groups in total. The Hall–Kier alpha value is -2.86. The van der Waals surface area contributed by atoms with Crippen LogP contribution in [0.1, 0.15) is 35.0 Å². The van der Waals surface area contributed by atoms with Crippen molar-refractivity contribution in [1.82, 2.24) is 14.1 Å². The zero-order valence-corrected chi connectivity index (χ0v) is 16.2. The second kappa shape index (κ2) is 7.04. The molecular formula is C21H21N3O2S. The Morgan fingerprint density at radius 2 is 2.04 bits per heavy atom. The molecule has 0 aliphatic carbocycles. The van der Waals surface area contributed by atoms with Crippen molar-refractivity contribution in [3.63, 3.8) is 0 Å². The van der Waals surface area contributed by atoms with Gasteiger partial charge in [0.1, 0.15) is 4.88 Å². The van der Waals surface area contributed by atoms with Crippen LogP contribution in [0, 0.1) is 0 Å². The predicted molar refractivity (Wildman–Crippen MR) is 109 cm³/mol. The van der Waals surface area contributed by atoms with Crippen molar-refractivity contribution in [1.29, 1.82) is 0 Å². The van der Waals surface area contributed by atoms with Crippen molar-refractivity contribution in [2.45, 2.75) is 26.2 Å². The predicted octanol–water partition coefficient (Wildman–Crippen LogP) is 5.13. The highest BCUT2D eigenvalue weighted by molar-refractivity contribution is 7.21. The van der Waals surface area contributed by atoms with Gasteiger partial charge >= 0.3 is 5.97 Å². The summed E-state index contributed by atoms with van der Waals surface area (Å²) >= 11 is 1.38. The number of aryl methyl sites for hydroxylation is 2. The van der Waals surface area contributed by atoms with Gasteiger partial charge in [0.2, 0.25) is 0 Å². The Morgan fingerprint density at radius 3 is 2.67 bits per heavy atom. The average molecular weight is 379 g/mol. The molecule has 1 aromatic carbocycles. The number of aromatic carboxylic acids is 1. The Morgan fingerprint density at radius 1 is 1.26 bits per heavy atom. The van der Waals surface area contributed by atoms with Gasteiger partial charge in [0, 0.05) is 25.1 Å². The van der Waals surface area contributed by atoms with Crippen LogP contribution in [-0.2, 0) is 13.5 Å². The van der Waals surface area contributed by atoms with Gasteiger partial charge in [-0.1, -0.05) is 25.5 Å². The Bertz CT molecular complexity index is 1090. The lowest BCUT2D eigenvalue weighted by molar-refractivity contribution is 0.0702. The van der Waals surface area contributed by atoms with E-state index in [4.69, 9.17) is 0 Å². The monoisotopic (exact) mass is 379 g/mol. The van der Waals surface area contributed by atoms with E-state index in [9.17, 15) is 9.90 Å². The summed E-state index contributed by atoms with van der Waals surface area (Å²) < 4.78 is 5.21. The van der Waals surface area contributed by atoms with Gasteiger partial charge in [0.15, 0.2) is 0 Å². The van der Waals surface area contributed by atoms with Crippen molar-refractivity contribution in [2.24, 2.45) is 7.05 Å². The smallest absolute Gasteiger partial charge is 0.345 e. The van der Waals surface area contributed by atoms with Gasteiger partial charge in [-0.25, -0.2) is 9.78 Å². The average Bonchev–Trinajstić information content (AvgIpc) is 3.38. The molecule has 4 aromatic rings. The first kappa shape index (κ1) is 17.5. The molecule has 0 fully saturated rings. The molecule has 0 aliphatic rings. The molecule has 0 aliphatic heterocycles. The van der Waals surface area contributed by atoms with E-state index in [2.05, 4.69) is 40.7 Å². The first-order chi connectivity index (χ1) is 13.1. The normalized spacial score (nSPS) is 11.3. The van der Waals surface area contributed by atoms with Crippen LogP contribution in [0.4, 0.5) is 0 Å². The summed E-state index contributed by atoms with van der Waals surface area (Å²) in [6.45, 7) is 2.18. The van der Waals surface area contributed by atoms with E-state index in [0.717, 1.165) is 40.7 Å². The third-order valence-electron chi connectivity index (χ3n) is 4.90. The van der Waals surface area contributed by atoms with Crippen molar-refractivity contribution in [3.05, 3.63) is 59.5 Å². The number of carboxylic acids is 1. The summed E-state index contributed by atoms with van der Waals surface area (Å²) in [6, 6.07) is 10.2. The van der Waals surface area contributed by atoms with Crippen molar-refractivity contribution >= 4 is 27.5 Å². The molecule has 138 valence electrons. The van der Waals surface area contributed by atoms with Crippen LogP contribution in [0.5, 0.6) is 0 Å². The molecule has 3 heterocycles. The lowest BCUT2D eigenvalue weighted by atomic mass is 10.0. The second-order valence-electron chi connectivity index (χ2n) is 6.64. The van der Waals surface area contributed by atoms with Crippen molar-refractivity contribution in [2.75, 3.05) is 0 Å². The molecule has 27 heavy (non-hydrogen) atoms. The van der Waals surface area contributed by atoms with E-state index in [1.807, 2.05) is 17.8 Å². The summed E-state index contributed by atoms with van der Waals surface area (Å²) in [6.07, 6.45) is 8.61. The lowest BCUT2D eigenvalue weighted by Crippen LogP contribution is -1.97. The van der Waals surface area contributed by atoms with Gasteiger partial charge in [0.05, 0.1) is 22.2 Å². The van der Waals surface area contributed by atoms with Crippen LogP contribution < -0.4 is 0 Å². The van der Waals surface area contributed by atoms with Gasteiger partial charge in [-0.2, -0.15) is 0 Å². The molecule has 3 aromatic heterocycles. The number of carbonyl (C=O) groups is 1. The SMILES string of the molecule is CCCCc1c(-c2ccc(-n3ccnc3)cc2)n(C)c2cc(C(=O)O)sc12. The first-order valence-electron chi connectivity index (χ1n) is 9.03. The molecule has 0 unspecified atom stereocenters. The standard InChI is InChI=1S/C21H21N3O2S/c1-3-4-5-16-19(23(2)17-12-18(21(25)26)27-20(16)17)14-6-8-15(9-7-14)24-11-10-22-13-24/h6-13H,3-5H2,1-2H3,(H,25,26). The zero-order chi connectivity index (χ0) is 19.0. The molecule has 0 amide bonds. The summed E-state index contributed by atoms with van der Waals surface area (Å²) in [5.41, 5.74) is 5.64. The van der Waals surface area contributed by atoms with Crippen molar-refractivity contribution in [3.8, 4) is 16.9 Å². The fraction of sp³-hybridized carbons (Fsp3) is 0.238. The van der Waals surface area contributed by atoms with Crippen LogP contribution in [0.2, 0.25) is 0 Å². The number of rotatable bonds is 6. The third kappa shape index (κ3) is 3.06. The quantitative estimate of drug-likeness (QED) is 0.505. The maximum Gasteiger partial charge on any atom is 0.345 e. The van der Waals surface area contributed by atoms with E-state index in [1.165, 1.54) is 22.6 Å². The summed E-state index contributed by atoms with van der Waals surface area (Å²) in [5.74, 6) is -0.858. The van der Waals surface area contributed by atoms with Crippen LogP contribution in [0.15, 0.2) is 49.1 Å². The minimum atomic E-state index is -0.858. The van der Waals surface area contributed by atoms with Gasteiger partial charge in [-0.15, -0.1) is 11.3 Å². The fourth-order valence-corrected chi connectivity index (χ4v) is 4.64. The van der Waals surface area contributed by atoms with E-state index >= 15 is 0 Å². The van der Waals surface area contributed by atoms with E-state index in [1.54, 1.807) is 18.6 Å². The van der Waals surface area contributed by atoms with E-state index in [-0.39, 0.29) is 0 Å². The van der Waals surface area contributed by atoms with Gasteiger partial charge in [0.25, 0.3) is 0 Å². The van der Waals surface area contributed by atoms with E-state index in [0.29, 0.717) is 4.88 Å². The number of thiophene rings is 1. The largest absolute Gasteiger partial charge is 0.477 e. The number of hydrogen-bond acceptors (Lipinski definition) is 3. The van der Waals surface area contributed by atoms with Crippen molar-refractivity contribution < 1.29 is 9.90 Å². The van der Waals surface area contributed by atoms with Gasteiger partial charge in [-0.3, -0.25) is 0 Å². The maximum absolute atomic E-state index is 11.4. The number of fused-ring (bicyclic) bond motifs is 1. The highest BCUT2D eigenvalue weighted by Crippen LogP contribution is 2.39. The molecular weight excluding hydrogens is 358 g/mol. The number of aromatic nitrogens is 3. The number of nitrogens with zero attached hydrogens (tertiary/aromatic N) is 3. The third-order valence-corrected chi connectivity index (χ3v) is 6.08. The molecule has 0 spiro atoms. The minimum absolute atomic E-state index is 0.398. The minimum Gasteiger partial charge on any atom is -0.477 e. The molecule has 0 saturated heterocycles. The van der Waals surface area contributed by atoms with Crippen LogP contribution in [0.25, 0.3) is 27.2 Å². The Labute approximate surface area is 161 Å². The molecule has 0 bridgehead atoms. The number of carboxylic acid groups (broad SMARTS) is 1. The second-order valence-corrected chi connectivity index (χ2v) is 7.69. The highest BCUT2D eigenvalue weighted by atomic mass is 32.1. The number of hydrogen-bond donors (Lipinski definition) is 1. The zero-order valence-electron chi connectivity index (χ0n) is 15.3. The first-order valence-corrected chi connectivity index (χ1v) is 9.85. The number of unbranched alkanes of at least 4 members (excludes halogenated alkanes) is 1. The molecule has 6 heteroatoms. The summed E-state index contributed by atoms with van der Waals surface area (Å²) in [7, 11) is 2.02. The molecule has 0 radical (unpaired) electrons. The van der Waals surface area contributed by atoms with Crippen LogP contribution in [-0.4, -0.2) is 25.2 Å². The molecule has 0 saturated carbocycles. The molecule has 4 rings (SSSR count). The fourth-order valence-electron chi connectivity index (χ4n) is 3.54. The van der Waals surface area contributed by atoms with Crippen LogP contribution >= 0.6 is 11.3 Å². The summed E-state index contributed by atoms with van der Waals surface area (Å²) in [5, 5.41) is 9.36. The van der Waals surface area contributed by atoms with E-state index < -0.39 is 5.97 Å². The maximum atomic E-state index is 11.4. The Balaban J connectivity index is 1.83. The topological polar surface area (TPSA) is 60.0 Å². The van der Waals surface area contributed by atoms with Gasteiger partial charge in [-0.05, 0) is 42.2 Å². The van der Waals surface area contributed by atoms with Gasteiger partial charge < -0.3 is 14.2 Å². The molecule has 5 nitrogen and oxygen atoms in total. The van der Waals surface area contributed by atoms with Crippen LogP contribution in [0.3, 0.4) is 0 Å². The Kier molecular flexibility index (Phi) is 4.58. The lowest BCUT2D eigenvalue weighted by Gasteiger charge is -2.10. The molecule has 0 atom stereocenters. The summed E-state index contributed by atoms with van der Waals surface area (Å²) in [4.78, 5) is 15.9. The number of imidazole rings is 1. The highest BCUT2D eigenvalue weighted by Gasteiger charge is 2.21.